The highest BCUT2D eigenvalue weighted by Gasteiger charge is 2.43. The van der Waals surface area contributed by atoms with Crippen LogP contribution in [0.1, 0.15) is 44.9 Å². The molecule has 30 heavy (non-hydrogen) atoms. The molecule has 0 aliphatic rings. The predicted molar refractivity (Wildman–Crippen MR) is 116 cm³/mol. The van der Waals surface area contributed by atoms with Gasteiger partial charge in [-0.3, -0.25) is 9.05 Å². The first-order valence-corrected chi connectivity index (χ1v) is 11.3. The summed E-state index contributed by atoms with van der Waals surface area (Å²) in [7, 11) is -3.96. The molecule has 0 spiro atoms. The van der Waals surface area contributed by atoms with Crippen molar-refractivity contribution in [3.8, 4) is 6.07 Å². The number of rotatable bonds is 10. The molecule has 2 aromatic carbocycles. The normalized spacial score (nSPS) is 12.9. The fourth-order valence-corrected chi connectivity index (χ4v) is 5.30. The van der Waals surface area contributed by atoms with Gasteiger partial charge >= 0.3 is 7.75 Å². The number of hydrogen-bond donors (Lipinski definition) is 0. The van der Waals surface area contributed by atoms with Crippen molar-refractivity contribution >= 4 is 7.75 Å². The summed E-state index contributed by atoms with van der Waals surface area (Å²) >= 11 is 0. The minimum absolute atomic E-state index is 0.0379. The fraction of sp³-hybridized carbons (Fsp3) is 0.348. The van der Waals surface area contributed by atoms with Crippen LogP contribution in [0.5, 0.6) is 0 Å². The molecule has 2 aromatic rings. The van der Waals surface area contributed by atoms with Crippen molar-refractivity contribution in [2.75, 3.05) is 0 Å². The van der Waals surface area contributed by atoms with Gasteiger partial charge in [-0.25, -0.2) is 8.96 Å². The second-order valence-corrected chi connectivity index (χ2v) is 9.29. The summed E-state index contributed by atoms with van der Waals surface area (Å²) in [6.45, 7) is 10.9. The number of nitrogens with zero attached hydrogens (tertiary/aromatic N) is 2. The number of benzene rings is 2. The van der Waals surface area contributed by atoms with E-state index in [1.165, 1.54) is 10.7 Å². The molecule has 0 heterocycles. The van der Waals surface area contributed by atoms with Crippen LogP contribution in [0.25, 0.3) is 0 Å². The maximum Gasteiger partial charge on any atom is 0.409 e. The zero-order valence-electron chi connectivity index (χ0n) is 17.8. The Balaban J connectivity index is 2.70. The van der Waals surface area contributed by atoms with Crippen molar-refractivity contribution in [1.29, 1.82) is 5.26 Å². The third-order valence-corrected chi connectivity index (χ3v) is 6.54. The van der Waals surface area contributed by atoms with E-state index < -0.39 is 31.8 Å². The van der Waals surface area contributed by atoms with Crippen LogP contribution in [0.15, 0.2) is 66.7 Å². The van der Waals surface area contributed by atoms with Gasteiger partial charge in [0.25, 0.3) is 0 Å². The monoisotopic (exact) mass is 430 g/mol. The second kappa shape index (κ2) is 10.7. The fourth-order valence-electron chi connectivity index (χ4n) is 3.05. The highest BCUT2D eigenvalue weighted by atomic mass is 31.2. The molecule has 7 heteroatoms. The van der Waals surface area contributed by atoms with Crippen molar-refractivity contribution in [2.24, 2.45) is 0 Å². The van der Waals surface area contributed by atoms with E-state index in [4.69, 9.17) is 9.05 Å². The van der Waals surface area contributed by atoms with Crippen LogP contribution in [0.2, 0.25) is 0 Å². The lowest BCUT2D eigenvalue weighted by Gasteiger charge is -2.37. The van der Waals surface area contributed by atoms with Crippen LogP contribution in [-0.4, -0.2) is 16.9 Å². The van der Waals surface area contributed by atoms with Gasteiger partial charge in [-0.2, -0.15) is 9.93 Å². The Morgan fingerprint density at radius 3 is 2.10 bits per heavy atom. The average molecular weight is 430 g/mol. The third kappa shape index (κ3) is 6.10. The van der Waals surface area contributed by atoms with Gasteiger partial charge in [0.05, 0.1) is 24.3 Å². The molecule has 0 fully saturated rings. The molecular formula is C23H28FN2O3P. The smallest absolute Gasteiger partial charge is 0.294 e. The van der Waals surface area contributed by atoms with Gasteiger partial charge in [0.1, 0.15) is 5.82 Å². The van der Waals surface area contributed by atoms with Gasteiger partial charge in [-0.05, 0) is 39.3 Å². The molecule has 1 atom stereocenters. The molecular weight excluding hydrogens is 402 g/mol. The molecule has 0 aromatic heterocycles. The van der Waals surface area contributed by atoms with Gasteiger partial charge < -0.3 is 0 Å². The molecule has 0 aliphatic heterocycles. The maximum absolute atomic E-state index is 14.8. The minimum atomic E-state index is -3.96. The molecule has 0 amide bonds. The molecule has 5 nitrogen and oxygen atoms in total. The first-order valence-electron chi connectivity index (χ1n) is 9.79. The van der Waals surface area contributed by atoms with Crippen molar-refractivity contribution in [2.45, 2.75) is 52.5 Å². The van der Waals surface area contributed by atoms with Crippen LogP contribution in [-0.2, 0) is 20.2 Å². The van der Waals surface area contributed by atoms with Gasteiger partial charge in [0.15, 0.2) is 0 Å². The van der Waals surface area contributed by atoms with Crippen molar-refractivity contribution < 1.29 is 18.0 Å². The SMILES string of the molecule is C=C(C#N)C(c1ccccc1F)N(Cc1ccccc1)P(=O)(OC(C)C)OC(C)C. The molecule has 0 N–H and O–H groups in total. The van der Waals surface area contributed by atoms with Crippen molar-refractivity contribution in [1.82, 2.24) is 4.67 Å². The Bertz CT molecular complexity index is 927. The zero-order chi connectivity index (χ0) is 22.3. The Morgan fingerprint density at radius 2 is 1.60 bits per heavy atom. The first-order chi connectivity index (χ1) is 14.2. The maximum atomic E-state index is 14.8. The summed E-state index contributed by atoms with van der Waals surface area (Å²) < 4.78 is 41.9. The second-order valence-electron chi connectivity index (χ2n) is 7.42. The summed E-state index contributed by atoms with van der Waals surface area (Å²) in [4.78, 5) is 0. The lowest BCUT2D eigenvalue weighted by Crippen LogP contribution is -2.31. The van der Waals surface area contributed by atoms with E-state index in [1.54, 1.807) is 45.9 Å². The largest absolute Gasteiger partial charge is 0.409 e. The molecule has 160 valence electrons. The molecule has 0 saturated carbocycles. The van der Waals surface area contributed by atoms with E-state index in [2.05, 4.69) is 6.58 Å². The molecule has 2 rings (SSSR count). The van der Waals surface area contributed by atoms with E-state index >= 15 is 0 Å². The van der Waals surface area contributed by atoms with Crippen LogP contribution < -0.4 is 0 Å². The third-order valence-electron chi connectivity index (χ3n) is 4.16. The Morgan fingerprint density at radius 1 is 1.07 bits per heavy atom. The lowest BCUT2D eigenvalue weighted by atomic mass is 9.99. The first kappa shape index (κ1) is 24.0. The van der Waals surface area contributed by atoms with Gasteiger partial charge in [0.2, 0.25) is 0 Å². The van der Waals surface area contributed by atoms with E-state index in [1.807, 2.05) is 36.4 Å². The van der Waals surface area contributed by atoms with E-state index in [0.29, 0.717) is 0 Å². The molecule has 0 aliphatic carbocycles. The Kier molecular flexibility index (Phi) is 8.52. The highest BCUT2D eigenvalue weighted by molar-refractivity contribution is 7.51. The van der Waals surface area contributed by atoms with Crippen molar-refractivity contribution in [3.63, 3.8) is 0 Å². The zero-order valence-corrected chi connectivity index (χ0v) is 18.7. The van der Waals surface area contributed by atoms with Gasteiger partial charge in [0, 0.05) is 17.7 Å². The molecule has 0 radical (unpaired) electrons. The van der Waals surface area contributed by atoms with E-state index in [0.717, 1.165) is 5.56 Å². The minimum Gasteiger partial charge on any atom is -0.294 e. The van der Waals surface area contributed by atoms with Gasteiger partial charge in [-0.15, -0.1) is 0 Å². The lowest BCUT2D eigenvalue weighted by molar-refractivity contribution is 0.0955. The van der Waals surface area contributed by atoms with Crippen LogP contribution >= 0.6 is 7.75 Å². The Hall–Kier alpha value is -2.29. The van der Waals surface area contributed by atoms with E-state index in [-0.39, 0.29) is 17.7 Å². The summed E-state index contributed by atoms with van der Waals surface area (Å²) in [6, 6.07) is 16.3. The standard InChI is InChI=1S/C23H28FN2O3P/c1-17(2)28-30(27,29-18(3)4)26(16-20-11-7-6-8-12-20)23(19(5)15-25)21-13-9-10-14-22(21)24/h6-14,17-18,23H,5,16H2,1-4H3. The average Bonchev–Trinajstić information content (AvgIpc) is 2.68. The summed E-state index contributed by atoms with van der Waals surface area (Å²) in [5.74, 6) is -0.530. The van der Waals surface area contributed by atoms with Crippen LogP contribution in [0.3, 0.4) is 0 Å². The molecule has 1 unspecified atom stereocenters. The highest BCUT2D eigenvalue weighted by Crippen LogP contribution is 2.59. The summed E-state index contributed by atoms with van der Waals surface area (Å²) in [5, 5.41) is 9.63. The number of hydrogen-bond acceptors (Lipinski definition) is 4. The molecule has 0 bridgehead atoms. The van der Waals surface area contributed by atoms with Crippen LogP contribution in [0, 0.1) is 17.1 Å². The van der Waals surface area contributed by atoms with Crippen LogP contribution in [0.4, 0.5) is 4.39 Å². The quantitative estimate of drug-likeness (QED) is 0.322. The molecule has 0 saturated heterocycles. The summed E-state index contributed by atoms with van der Waals surface area (Å²) in [5.41, 5.74) is 1.03. The number of halogens is 1. The van der Waals surface area contributed by atoms with Crippen molar-refractivity contribution in [3.05, 3.63) is 83.7 Å². The topological polar surface area (TPSA) is 62.6 Å². The Labute approximate surface area is 178 Å². The predicted octanol–water partition coefficient (Wildman–Crippen LogP) is 6.41. The van der Waals surface area contributed by atoms with Gasteiger partial charge in [-0.1, -0.05) is 55.1 Å². The van der Waals surface area contributed by atoms with E-state index in [9.17, 15) is 14.2 Å². The number of nitriles is 1. The summed E-state index contributed by atoms with van der Waals surface area (Å²) in [6.07, 6.45) is -0.853.